The van der Waals surface area contributed by atoms with Gasteiger partial charge in [-0.05, 0) is 39.0 Å². The molecule has 0 bridgehead atoms. The van der Waals surface area contributed by atoms with Crippen molar-refractivity contribution in [3.05, 3.63) is 23.8 Å². The Morgan fingerprint density at radius 1 is 1.40 bits per heavy atom. The van der Waals surface area contributed by atoms with Gasteiger partial charge in [0, 0.05) is 17.3 Å². The zero-order valence-electron chi connectivity index (χ0n) is 9.58. The predicted octanol–water partition coefficient (Wildman–Crippen LogP) is 2.40. The van der Waals surface area contributed by atoms with E-state index in [0.29, 0.717) is 12.6 Å². The molecule has 2 N–H and O–H groups in total. The van der Waals surface area contributed by atoms with Crippen LogP contribution in [0.5, 0.6) is 5.75 Å². The van der Waals surface area contributed by atoms with Gasteiger partial charge >= 0.3 is 0 Å². The highest BCUT2D eigenvalue weighted by Gasteiger charge is 2.04. The van der Waals surface area contributed by atoms with Crippen molar-refractivity contribution in [2.45, 2.75) is 33.4 Å². The SMILES string of the molecule is CCOc1ccc(NC(C)C)cc1CO. The Bertz CT molecular complexity index is 310. The lowest BCUT2D eigenvalue weighted by Gasteiger charge is -2.13. The molecule has 0 aliphatic heterocycles. The third-order valence-electron chi connectivity index (χ3n) is 1.99. The molecule has 0 aliphatic rings. The Labute approximate surface area is 91.1 Å². The molecule has 0 fully saturated rings. The topological polar surface area (TPSA) is 41.5 Å². The molecule has 0 saturated carbocycles. The number of rotatable bonds is 5. The molecular formula is C12H19NO2. The van der Waals surface area contributed by atoms with E-state index in [1.54, 1.807) is 0 Å². The number of ether oxygens (including phenoxy) is 1. The normalized spacial score (nSPS) is 10.5. The monoisotopic (exact) mass is 209 g/mol. The van der Waals surface area contributed by atoms with Crippen LogP contribution >= 0.6 is 0 Å². The molecule has 0 amide bonds. The maximum Gasteiger partial charge on any atom is 0.124 e. The van der Waals surface area contributed by atoms with Gasteiger partial charge in [0.2, 0.25) is 0 Å². The minimum atomic E-state index is 0.00293. The van der Waals surface area contributed by atoms with E-state index < -0.39 is 0 Å². The summed E-state index contributed by atoms with van der Waals surface area (Å²) in [7, 11) is 0. The highest BCUT2D eigenvalue weighted by Crippen LogP contribution is 2.23. The van der Waals surface area contributed by atoms with Crippen LogP contribution in [-0.2, 0) is 6.61 Å². The summed E-state index contributed by atoms with van der Waals surface area (Å²) in [5.41, 5.74) is 1.83. The van der Waals surface area contributed by atoms with E-state index in [1.165, 1.54) is 0 Å². The molecule has 0 saturated heterocycles. The van der Waals surface area contributed by atoms with E-state index in [1.807, 2.05) is 25.1 Å². The number of hydrogen-bond donors (Lipinski definition) is 2. The zero-order chi connectivity index (χ0) is 11.3. The van der Waals surface area contributed by atoms with Crippen molar-refractivity contribution in [1.82, 2.24) is 0 Å². The van der Waals surface area contributed by atoms with E-state index in [-0.39, 0.29) is 6.61 Å². The molecule has 0 aliphatic carbocycles. The van der Waals surface area contributed by atoms with Crippen LogP contribution in [0, 0.1) is 0 Å². The molecule has 0 heterocycles. The van der Waals surface area contributed by atoms with Crippen molar-refractivity contribution in [1.29, 1.82) is 0 Å². The van der Waals surface area contributed by atoms with Gasteiger partial charge in [0.25, 0.3) is 0 Å². The van der Waals surface area contributed by atoms with Crippen LogP contribution in [0.25, 0.3) is 0 Å². The van der Waals surface area contributed by atoms with Crippen molar-refractivity contribution < 1.29 is 9.84 Å². The first-order valence-corrected chi connectivity index (χ1v) is 5.30. The molecule has 0 unspecified atom stereocenters. The van der Waals surface area contributed by atoms with E-state index in [0.717, 1.165) is 17.0 Å². The fourth-order valence-corrected chi connectivity index (χ4v) is 1.42. The van der Waals surface area contributed by atoms with Crippen LogP contribution in [0.3, 0.4) is 0 Å². The summed E-state index contributed by atoms with van der Waals surface area (Å²) in [5.74, 6) is 0.759. The molecule has 1 aromatic carbocycles. The first kappa shape index (κ1) is 11.9. The lowest BCUT2D eigenvalue weighted by molar-refractivity contribution is 0.267. The highest BCUT2D eigenvalue weighted by atomic mass is 16.5. The molecule has 15 heavy (non-hydrogen) atoms. The number of aliphatic hydroxyl groups excluding tert-OH is 1. The molecular weight excluding hydrogens is 190 g/mol. The molecule has 1 rings (SSSR count). The standard InChI is InChI=1S/C12H19NO2/c1-4-15-12-6-5-11(13-9(2)3)7-10(12)8-14/h5-7,9,13-14H,4,8H2,1-3H3. The van der Waals surface area contributed by atoms with Gasteiger partial charge in [-0.3, -0.25) is 0 Å². The zero-order valence-corrected chi connectivity index (χ0v) is 9.58. The van der Waals surface area contributed by atoms with E-state index in [9.17, 15) is 5.11 Å². The Hall–Kier alpha value is -1.22. The van der Waals surface area contributed by atoms with Crippen molar-refractivity contribution in [2.24, 2.45) is 0 Å². The lowest BCUT2D eigenvalue weighted by Crippen LogP contribution is -2.10. The molecule has 0 spiro atoms. The summed E-state index contributed by atoms with van der Waals surface area (Å²) in [6.07, 6.45) is 0. The van der Waals surface area contributed by atoms with Crippen LogP contribution in [-0.4, -0.2) is 17.8 Å². The van der Waals surface area contributed by atoms with Gasteiger partial charge in [0.05, 0.1) is 13.2 Å². The van der Waals surface area contributed by atoms with Crippen LogP contribution in [0.15, 0.2) is 18.2 Å². The summed E-state index contributed by atoms with van der Waals surface area (Å²) < 4.78 is 5.40. The third-order valence-corrected chi connectivity index (χ3v) is 1.99. The van der Waals surface area contributed by atoms with E-state index >= 15 is 0 Å². The van der Waals surface area contributed by atoms with E-state index in [4.69, 9.17) is 4.74 Å². The average Bonchev–Trinajstić information content (AvgIpc) is 2.20. The fourth-order valence-electron chi connectivity index (χ4n) is 1.42. The van der Waals surface area contributed by atoms with Crippen LogP contribution in [0.2, 0.25) is 0 Å². The maximum absolute atomic E-state index is 9.20. The maximum atomic E-state index is 9.20. The first-order chi connectivity index (χ1) is 7.17. The van der Waals surface area contributed by atoms with Crippen LogP contribution in [0.1, 0.15) is 26.3 Å². The van der Waals surface area contributed by atoms with Gasteiger partial charge < -0.3 is 15.2 Å². The molecule has 3 nitrogen and oxygen atoms in total. The highest BCUT2D eigenvalue weighted by molar-refractivity contribution is 5.51. The second-order valence-electron chi connectivity index (χ2n) is 3.71. The average molecular weight is 209 g/mol. The Kier molecular flexibility index (Phi) is 4.43. The Balaban J connectivity index is 2.86. The third kappa shape index (κ3) is 3.44. The number of benzene rings is 1. The predicted molar refractivity (Wildman–Crippen MR) is 62.3 cm³/mol. The molecule has 1 aromatic rings. The van der Waals surface area contributed by atoms with Gasteiger partial charge in [-0.1, -0.05) is 0 Å². The van der Waals surface area contributed by atoms with E-state index in [2.05, 4.69) is 19.2 Å². The van der Waals surface area contributed by atoms with Gasteiger partial charge in [-0.15, -0.1) is 0 Å². The first-order valence-electron chi connectivity index (χ1n) is 5.30. The smallest absolute Gasteiger partial charge is 0.124 e. The molecule has 0 radical (unpaired) electrons. The molecule has 0 atom stereocenters. The van der Waals surface area contributed by atoms with Gasteiger partial charge in [0.1, 0.15) is 5.75 Å². The summed E-state index contributed by atoms with van der Waals surface area (Å²) in [6.45, 7) is 6.71. The van der Waals surface area contributed by atoms with Crippen molar-refractivity contribution in [3.8, 4) is 5.75 Å². The molecule has 0 aromatic heterocycles. The summed E-state index contributed by atoms with van der Waals surface area (Å²) >= 11 is 0. The van der Waals surface area contributed by atoms with Crippen molar-refractivity contribution >= 4 is 5.69 Å². The molecule has 84 valence electrons. The second-order valence-corrected chi connectivity index (χ2v) is 3.71. The van der Waals surface area contributed by atoms with Crippen molar-refractivity contribution in [2.75, 3.05) is 11.9 Å². The number of hydrogen-bond acceptors (Lipinski definition) is 3. The van der Waals surface area contributed by atoms with Gasteiger partial charge in [0.15, 0.2) is 0 Å². The largest absolute Gasteiger partial charge is 0.494 e. The number of anilines is 1. The van der Waals surface area contributed by atoms with Gasteiger partial charge in [-0.2, -0.15) is 0 Å². The minimum absolute atomic E-state index is 0.00293. The summed E-state index contributed by atoms with van der Waals surface area (Å²) in [5, 5.41) is 12.5. The molecule has 3 heteroatoms. The quantitative estimate of drug-likeness (QED) is 0.782. The Morgan fingerprint density at radius 3 is 2.67 bits per heavy atom. The van der Waals surface area contributed by atoms with Gasteiger partial charge in [-0.25, -0.2) is 0 Å². The fraction of sp³-hybridized carbons (Fsp3) is 0.500. The van der Waals surface area contributed by atoms with Crippen LogP contribution in [0.4, 0.5) is 5.69 Å². The number of aliphatic hydroxyl groups is 1. The lowest BCUT2D eigenvalue weighted by atomic mass is 10.1. The van der Waals surface area contributed by atoms with Crippen LogP contribution < -0.4 is 10.1 Å². The van der Waals surface area contributed by atoms with Crippen molar-refractivity contribution in [3.63, 3.8) is 0 Å². The minimum Gasteiger partial charge on any atom is -0.494 e. The second kappa shape index (κ2) is 5.61. The summed E-state index contributed by atoms with van der Waals surface area (Å²) in [6, 6.07) is 6.16. The number of nitrogens with one attached hydrogen (secondary N) is 1. The summed E-state index contributed by atoms with van der Waals surface area (Å²) in [4.78, 5) is 0. The Morgan fingerprint density at radius 2 is 2.13 bits per heavy atom.